The molecule has 6 atom stereocenters. The Hall–Kier alpha value is -3.73. The number of imide groups is 1. The van der Waals surface area contributed by atoms with Crippen molar-refractivity contribution in [3.63, 3.8) is 0 Å². The molecule has 5 heteroatoms. The molecule has 8 rings (SSSR count). The second kappa shape index (κ2) is 6.64. The summed E-state index contributed by atoms with van der Waals surface area (Å²) in [6, 6.07) is 20.0. The second-order valence-corrected chi connectivity index (χ2v) is 9.62. The van der Waals surface area contributed by atoms with Crippen molar-refractivity contribution in [2.45, 2.75) is 6.42 Å². The van der Waals surface area contributed by atoms with Gasteiger partial charge in [0.2, 0.25) is 11.8 Å². The minimum absolute atomic E-state index is 0.130. The summed E-state index contributed by atoms with van der Waals surface area (Å²) >= 11 is 0. The normalized spacial score (nSPS) is 31.0. The summed E-state index contributed by atoms with van der Waals surface area (Å²) < 4.78 is 5.60. The average molecular weight is 435 g/mol. The Balaban J connectivity index is 1.17. The van der Waals surface area contributed by atoms with E-state index in [1.54, 1.807) is 30.3 Å². The number of rotatable bonds is 3. The first-order valence-corrected chi connectivity index (χ1v) is 11.5. The number of hydrogen-bond acceptors (Lipinski definition) is 4. The second-order valence-electron chi connectivity index (χ2n) is 9.62. The van der Waals surface area contributed by atoms with Crippen LogP contribution in [0.15, 0.2) is 78.9 Å². The van der Waals surface area contributed by atoms with Crippen LogP contribution in [0, 0.1) is 35.5 Å². The van der Waals surface area contributed by atoms with E-state index in [9.17, 15) is 14.4 Å². The lowest BCUT2D eigenvalue weighted by atomic mass is 9.63. The van der Waals surface area contributed by atoms with Crippen molar-refractivity contribution in [2.75, 3.05) is 4.90 Å². The monoisotopic (exact) mass is 435 g/mol. The van der Waals surface area contributed by atoms with Gasteiger partial charge in [-0.3, -0.25) is 9.59 Å². The van der Waals surface area contributed by atoms with Crippen LogP contribution < -0.4 is 9.64 Å². The van der Waals surface area contributed by atoms with E-state index in [2.05, 4.69) is 12.2 Å². The molecule has 0 N–H and O–H groups in total. The highest BCUT2D eigenvalue weighted by Crippen LogP contribution is 2.65. The summed E-state index contributed by atoms with van der Waals surface area (Å²) in [5, 5.41) is 2.04. The number of carbonyl (C=O) groups is 3. The third-order valence-electron chi connectivity index (χ3n) is 7.93. The first kappa shape index (κ1) is 18.8. The molecule has 5 nitrogen and oxygen atoms in total. The van der Waals surface area contributed by atoms with Gasteiger partial charge in [-0.2, -0.15) is 0 Å². The number of carbonyl (C=O) groups excluding carboxylic acids is 3. The van der Waals surface area contributed by atoms with Crippen molar-refractivity contribution >= 4 is 34.2 Å². The van der Waals surface area contributed by atoms with E-state index in [1.807, 2.05) is 36.4 Å². The highest BCUT2D eigenvalue weighted by Gasteiger charge is 2.67. The standard InChI is InChI=1S/C28H21NO4/c30-26-24-20-10-11-21(23-14-22(20)23)25(24)27(31)29(26)18-7-3-6-17(12-18)28(32)33-19-9-8-15-4-1-2-5-16(15)13-19/h1-13,20-25H,14H2/t20-,21-,22-,23-,24-,25+/m0/s1. The van der Waals surface area contributed by atoms with E-state index in [4.69, 9.17) is 4.74 Å². The topological polar surface area (TPSA) is 63.7 Å². The summed E-state index contributed by atoms with van der Waals surface area (Å²) in [6.45, 7) is 0. The fourth-order valence-corrected chi connectivity index (χ4v) is 6.38. The van der Waals surface area contributed by atoms with E-state index >= 15 is 0 Å². The molecule has 4 aliphatic carbocycles. The number of nitrogens with zero attached hydrogens (tertiary/aromatic N) is 1. The van der Waals surface area contributed by atoms with Gasteiger partial charge in [-0.15, -0.1) is 0 Å². The predicted octanol–water partition coefficient (Wildman–Crippen LogP) is 4.62. The van der Waals surface area contributed by atoms with Gasteiger partial charge in [0.15, 0.2) is 0 Å². The summed E-state index contributed by atoms with van der Waals surface area (Å²) in [5.74, 6) is 0.609. The summed E-state index contributed by atoms with van der Waals surface area (Å²) in [4.78, 5) is 40.9. The third-order valence-corrected chi connectivity index (χ3v) is 7.93. The van der Waals surface area contributed by atoms with Crippen LogP contribution in [0.3, 0.4) is 0 Å². The SMILES string of the molecule is O=C(Oc1ccc2ccccc2c1)c1cccc(N2C(=O)[C@@H]3[C@H]4C=C[C@@H]([C@@H]5C[C@@H]45)[C@@H]3C2=O)c1. The van der Waals surface area contributed by atoms with Gasteiger partial charge in [-0.05, 0) is 71.2 Å². The van der Waals surface area contributed by atoms with Crippen LogP contribution in [-0.4, -0.2) is 17.8 Å². The van der Waals surface area contributed by atoms with Crippen molar-refractivity contribution in [3.05, 3.63) is 84.4 Å². The maximum absolute atomic E-state index is 13.4. The van der Waals surface area contributed by atoms with Gasteiger partial charge < -0.3 is 4.74 Å². The number of amides is 2. The number of ether oxygens (including phenoxy) is 1. The maximum Gasteiger partial charge on any atom is 0.343 e. The van der Waals surface area contributed by atoms with Crippen LogP contribution in [0.25, 0.3) is 10.8 Å². The lowest BCUT2D eigenvalue weighted by Crippen LogP contribution is -2.40. The first-order valence-electron chi connectivity index (χ1n) is 11.5. The van der Waals surface area contributed by atoms with Crippen LogP contribution in [0.2, 0.25) is 0 Å². The van der Waals surface area contributed by atoms with Gasteiger partial charge in [-0.1, -0.05) is 48.6 Å². The number of benzene rings is 3. The number of allylic oxidation sites excluding steroid dienone is 2. The lowest BCUT2D eigenvalue weighted by Gasteiger charge is -2.37. The molecule has 0 aromatic heterocycles. The van der Waals surface area contributed by atoms with Crippen LogP contribution in [0.4, 0.5) is 5.69 Å². The van der Waals surface area contributed by atoms with Crippen LogP contribution in [-0.2, 0) is 9.59 Å². The van der Waals surface area contributed by atoms with Gasteiger partial charge >= 0.3 is 5.97 Å². The highest BCUT2D eigenvalue weighted by atomic mass is 16.5. The van der Waals surface area contributed by atoms with Crippen molar-refractivity contribution in [1.29, 1.82) is 0 Å². The molecule has 1 aliphatic heterocycles. The molecule has 2 bridgehead atoms. The average Bonchev–Trinajstić information content (AvgIpc) is 3.62. The quantitative estimate of drug-likeness (QED) is 0.261. The first-order chi connectivity index (χ1) is 16.1. The van der Waals surface area contributed by atoms with E-state index in [-0.39, 0.29) is 35.5 Å². The van der Waals surface area contributed by atoms with Gasteiger partial charge in [0.1, 0.15) is 5.75 Å². The molecule has 1 heterocycles. The number of esters is 1. The van der Waals surface area contributed by atoms with Gasteiger partial charge in [0, 0.05) is 0 Å². The fourth-order valence-electron chi connectivity index (χ4n) is 6.38. The molecular weight excluding hydrogens is 414 g/mol. The Morgan fingerprint density at radius 3 is 2.21 bits per heavy atom. The molecule has 1 saturated heterocycles. The maximum atomic E-state index is 13.4. The van der Waals surface area contributed by atoms with Crippen molar-refractivity contribution < 1.29 is 19.1 Å². The Bertz CT molecular complexity index is 1360. The van der Waals surface area contributed by atoms with Gasteiger partial charge in [0.25, 0.3) is 0 Å². The molecule has 2 amide bonds. The van der Waals surface area contributed by atoms with E-state index in [0.29, 0.717) is 28.8 Å². The zero-order valence-electron chi connectivity index (χ0n) is 17.8. The molecule has 5 aliphatic rings. The molecule has 2 saturated carbocycles. The van der Waals surface area contributed by atoms with Crippen molar-refractivity contribution in [3.8, 4) is 5.75 Å². The van der Waals surface area contributed by atoms with Gasteiger partial charge in [-0.25, -0.2) is 9.69 Å². The molecule has 33 heavy (non-hydrogen) atoms. The molecule has 3 aromatic rings. The van der Waals surface area contributed by atoms with Crippen molar-refractivity contribution in [1.82, 2.24) is 0 Å². The molecule has 3 aromatic carbocycles. The Morgan fingerprint density at radius 2 is 1.48 bits per heavy atom. The fraction of sp³-hybridized carbons (Fsp3) is 0.250. The molecule has 162 valence electrons. The highest BCUT2D eigenvalue weighted by molar-refractivity contribution is 6.23. The summed E-state index contributed by atoms with van der Waals surface area (Å²) in [7, 11) is 0. The number of anilines is 1. The molecule has 0 unspecified atom stereocenters. The zero-order chi connectivity index (χ0) is 22.3. The predicted molar refractivity (Wildman–Crippen MR) is 123 cm³/mol. The van der Waals surface area contributed by atoms with E-state index in [0.717, 1.165) is 17.2 Å². The van der Waals surface area contributed by atoms with Crippen LogP contribution in [0.1, 0.15) is 16.8 Å². The number of fused-ring (bicyclic) bond motifs is 1. The largest absolute Gasteiger partial charge is 0.423 e. The minimum atomic E-state index is -0.522. The van der Waals surface area contributed by atoms with Crippen LogP contribution in [0.5, 0.6) is 5.75 Å². The van der Waals surface area contributed by atoms with E-state index in [1.165, 1.54) is 4.90 Å². The van der Waals surface area contributed by atoms with E-state index < -0.39 is 5.97 Å². The summed E-state index contributed by atoms with van der Waals surface area (Å²) in [6.07, 6.45) is 5.45. The van der Waals surface area contributed by atoms with Crippen LogP contribution >= 0.6 is 0 Å². The Labute approximate surface area is 190 Å². The smallest absolute Gasteiger partial charge is 0.343 e. The molecule has 0 radical (unpaired) electrons. The molecule has 0 spiro atoms. The number of hydrogen-bond donors (Lipinski definition) is 0. The van der Waals surface area contributed by atoms with Gasteiger partial charge in [0.05, 0.1) is 23.1 Å². The Kier molecular flexibility index (Phi) is 3.78. The third kappa shape index (κ3) is 2.68. The molecule has 3 fully saturated rings. The Morgan fingerprint density at radius 1 is 0.788 bits per heavy atom. The summed E-state index contributed by atoms with van der Waals surface area (Å²) in [5.41, 5.74) is 0.750. The molecular formula is C28H21NO4. The lowest BCUT2D eigenvalue weighted by molar-refractivity contribution is -0.124. The zero-order valence-corrected chi connectivity index (χ0v) is 17.8. The van der Waals surface area contributed by atoms with Crippen molar-refractivity contribution in [2.24, 2.45) is 35.5 Å². The minimum Gasteiger partial charge on any atom is -0.423 e.